The lowest BCUT2D eigenvalue weighted by atomic mass is 10.1. The summed E-state index contributed by atoms with van der Waals surface area (Å²) < 4.78 is 29.0. The second-order valence-corrected chi connectivity index (χ2v) is 5.74. The summed E-state index contributed by atoms with van der Waals surface area (Å²) in [5.74, 6) is 0.641. The Morgan fingerprint density at radius 3 is 2.12 bits per heavy atom. The van der Waals surface area contributed by atoms with Crippen LogP contribution < -0.4 is 10.5 Å². The van der Waals surface area contributed by atoms with Crippen molar-refractivity contribution in [2.24, 2.45) is 5.73 Å². The van der Waals surface area contributed by atoms with Gasteiger partial charge in [-0.1, -0.05) is 0 Å². The average Bonchev–Trinajstić information content (AvgIpc) is 2.15. The standard InChI is InChI=1S/C11H17NO3S/c1-8-6-10(15-3)7-9(2)11(8)16(13,14)5-4-12/h6-7H,4-5,12H2,1-3H3. The Labute approximate surface area is 96.3 Å². The SMILES string of the molecule is COc1cc(C)c(S(=O)(=O)CCN)c(C)c1. The van der Waals surface area contributed by atoms with E-state index in [1.807, 2.05) is 0 Å². The molecule has 0 bridgehead atoms. The monoisotopic (exact) mass is 243 g/mol. The summed E-state index contributed by atoms with van der Waals surface area (Å²) in [7, 11) is -1.72. The molecule has 0 fully saturated rings. The van der Waals surface area contributed by atoms with Crippen molar-refractivity contribution >= 4 is 9.84 Å². The summed E-state index contributed by atoms with van der Waals surface area (Å²) in [5.41, 5.74) is 6.70. The van der Waals surface area contributed by atoms with E-state index in [0.717, 1.165) is 0 Å². The van der Waals surface area contributed by atoms with Crippen molar-refractivity contribution in [1.29, 1.82) is 0 Å². The lowest BCUT2D eigenvalue weighted by Crippen LogP contribution is -2.17. The van der Waals surface area contributed by atoms with Gasteiger partial charge in [0.2, 0.25) is 0 Å². The topological polar surface area (TPSA) is 69.4 Å². The molecule has 1 aromatic rings. The Balaban J connectivity index is 3.36. The second-order valence-electron chi connectivity index (χ2n) is 3.70. The van der Waals surface area contributed by atoms with Crippen LogP contribution in [-0.4, -0.2) is 27.8 Å². The van der Waals surface area contributed by atoms with E-state index in [0.29, 0.717) is 21.8 Å². The lowest BCUT2D eigenvalue weighted by molar-refractivity contribution is 0.413. The first kappa shape index (κ1) is 13.0. The highest BCUT2D eigenvalue weighted by atomic mass is 32.2. The Morgan fingerprint density at radius 1 is 1.25 bits per heavy atom. The number of nitrogens with two attached hydrogens (primary N) is 1. The number of methoxy groups -OCH3 is 1. The molecule has 16 heavy (non-hydrogen) atoms. The minimum Gasteiger partial charge on any atom is -0.497 e. The van der Waals surface area contributed by atoms with Crippen LogP contribution in [0.3, 0.4) is 0 Å². The van der Waals surface area contributed by atoms with E-state index in [1.54, 1.807) is 33.1 Å². The minimum absolute atomic E-state index is 0.0268. The highest BCUT2D eigenvalue weighted by Gasteiger charge is 2.19. The third-order valence-electron chi connectivity index (χ3n) is 2.37. The molecule has 0 aromatic heterocycles. The van der Waals surface area contributed by atoms with Gasteiger partial charge < -0.3 is 10.5 Å². The van der Waals surface area contributed by atoms with Gasteiger partial charge in [-0.25, -0.2) is 8.42 Å². The van der Waals surface area contributed by atoms with Crippen LogP contribution in [0.1, 0.15) is 11.1 Å². The van der Waals surface area contributed by atoms with Gasteiger partial charge in [-0.3, -0.25) is 0 Å². The molecule has 0 saturated heterocycles. The first-order valence-electron chi connectivity index (χ1n) is 5.00. The molecule has 0 radical (unpaired) electrons. The normalized spacial score (nSPS) is 11.5. The molecule has 1 aromatic carbocycles. The van der Waals surface area contributed by atoms with Crippen LogP contribution in [0.4, 0.5) is 0 Å². The number of aryl methyl sites for hydroxylation is 2. The van der Waals surface area contributed by atoms with Crippen molar-refractivity contribution in [1.82, 2.24) is 0 Å². The van der Waals surface area contributed by atoms with E-state index in [4.69, 9.17) is 10.5 Å². The molecule has 90 valence electrons. The van der Waals surface area contributed by atoms with E-state index in [2.05, 4.69) is 0 Å². The zero-order valence-electron chi connectivity index (χ0n) is 9.78. The Bertz CT molecular complexity index is 457. The lowest BCUT2D eigenvalue weighted by Gasteiger charge is -2.12. The van der Waals surface area contributed by atoms with Gasteiger partial charge in [0.25, 0.3) is 0 Å². The number of hydrogen-bond donors (Lipinski definition) is 1. The fourth-order valence-electron chi connectivity index (χ4n) is 1.78. The summed E-state index contributed by atoms with van der Waals surface area (Å²) in [6.07, 6.45) is 0. The predicted molar refractivity (Wildman–Crippen MR) is 63.6 cm³/mol. The highest BCUT2D eigenvalue weighted by Crippen LogP contribution is 2.26. The van der Waals surface area contributed by atoms with Gasteiger partial charge in [-0.15, -0.1) is 0 Å². The van der Waals surface area contributed by atoms with E-state index in [9.17, 15) is 8.42 Å². The smallest absolute Gasteiger partial charge is 0.180 e. The molecule has 0 aliphatic rings. The van der Waals surface area contributed by atoms with E-state index in [1.165, 1.54) is 0 Å². The molecule has 1 rings (SSSR count). The molecule has 0 amide bonds. The van der Waals surface area contributed by atoms with Crippen LogP contribution in [0.15, 0.2) is 17.0 Å². The Kier molecular flexibility index (Phi) is 3.93. The largest absolute Gasteiger partial charge is 0.497 e. The maximum Gasteiger partial charge on any atom is 0.180 e. The van der Waals surface area contributed by atoms with Gasteiger partial charge in [0.1, 0.15) is 5.75 Å². The molecule has 0 atom stereocenters. The second kappa shape index (κ2) is 4.84. The maximum absolute atomic E-state index is 12.0. The number of benzene rings is 1. The predicted octanol–water partition coefficient (Wildman–Crippen LogP) is 1.04. The van der Waals surface area contributed by atoms with Crippen LogP contribution in [0, 0.1) is 13.8 Å². The zero-order chi connectivity index (χ0) is 12.3. The van der Waals surface area contributed by atoms with Crippen molar-refractivity contribution < 1.29 is 13.2 Å². The third-order valence-corrected chi connectivity index (χ3v) is 4.41. The van der Waals surface area contributed by atoms with Gasteiger partial charge in [-0.05, 0) is 37.1 Å². The average molecular weight is 243 g/mol. The van der Waals surface area contributed by atoms with Gasteiger partial charge in [0.15, 0.2) is 9.84 Å². The molecule has 0 spiro atoms. The summed E-state index contributed by atoms with van der Waals surface area (Å²) >= 11 is 0. The van der Waals surface area contributed by atoms with Crippen molar-refractivity contribution in [2.45, 2.75) is 18.7 Å². The minimum atomic E-state index is -3.28. The fraction of sp³-hybridized carbons (Fsp3) is 0.455. The number of hydrogen-bond acceptors (Lipinski definition) is 4. The first-order valence-corrected chi connectivity index (χ1v) is 6.65. The van der Waals surface area contributed by atoms with Gasteiger partial charge in [0.05, 0.1) is 17.8 Å². The maximum atomic E-state index is 12.0. The first-order chi connectivity index (χ1) is 7.42. The van der Waals surface area contributed by atoms with Crippen LogP contribution in [-0.2, 0) is 9.84 Å². The quantitative estimate of drug-likeness (QED) is 0.858. The Hall–Kier alpha value is -1.07. The summed E-state index contributed by atoms with van der Waals surface area (Å²) in [6.45, 7) is 3.66. The van der Waals surface area contributed by atoms with E-state index < -0.39 is 9.84 Å². The molecule has 0 aliphatic carbocycles. The van der Waals surface area contributed by atoms with Crippen LogP contribution >= 0.6 is 0 Å². The summed E-state index contributed by atoms with van der Waals surface area (Å²) in [6, 6.07) is 3.44. The Morgan fingerprint density at radius 2 is 1.75 bits per heavy atom. The van der Waals surface area contributed by atoms with Crippen LogP contribution in [0.25, 0.3) is 0 Å². The van der Waals surface area contributed by atoms with Gasteiger partial charge >= 0.3 is 0 Å². The molecule has 0 heterocycles. The van der Waals surface area contributed by atoms with E-state index in [-0.39, 0.29) is 12.3 Å². The molecule has 0 unspecified atom stereocenters. The fourth-order valence-corrected chi connectivity index (χ4v) is 3.39. The van der Waals surface area contributed by atoms with Gasteiger partial charge in [-0.2, -0.15) is 0 Å². The zero-order valence-corrected chi connectivity index (χ0v) is 10.6. The molecular formula is C11H17NO3S. The molecular weight excluding hydrogens is 226 g/mol. The van der Waals surface area contributed by atoms with Gasteiger partial charge in [0, 0.05) is 6.54 Å². The van der Waals surface area contributed by atoms with Crippen LogP contribution in [0.2, 0.25) is 0 Å². The third kappa shape index (κ3) is 2.54. The molecule has 0 saturated carbocycles. The van der Waals surface area contributed by atoms with E-state index >= 15 is 0 Å². The molecule has 0 aliphatic heterocycles. The molecule has 2 N–H and O–H groups in total. The molecule has 4 nitrogen and oxygen atoms in total. The summed E-state index contributed by atoms with van der Waals surface area (Å²) in [4.78, 5) is 0.374. The van der Waals surface area contributed by atoms with Crippen molar-refractivity contribution in [3.05, 3.63) is 23.3 Å². The number of ether oxygens (including phenoxy) is 1. The number of rotatable bonds is 4. The number of sulfone groups is 1. The molecule has 5 heteroatoms. The van der Waals surface area contributed by atoms with Crippen molar-refractivity contribution in [2.75, 3.05) is 19.4 Å². The van der Waals surface area contributed by atoms with Crippen LogP contribution in [0.5, 0.6) is 5.75 Å². The summed E-state index contributed by atoms with van der Waals surface area (Å²) in [5, 5.41) is 0. The van der Waals surface area contributed by atoms with Crippen molar-refractivity contribution in [3.8, 4) is 5.75 Å². The highest BCUT2D eigenvalue weighted by molar-refractivity contribution is 7.91. The van der Waals surface area contributed by atoms with Crippen molar-refractivity contribution in [3.63, 3.8) is 0 Å².